The van der Waals surface area contributed by atoms with Crippen LogP contribution in [0.25, 0.3) is 0 Å². The van der Waals surface area contributed by atoms with E-state index in [1.807, 2.05) is 24.4 Å². The molecule has 0 saturated heterocycles. The number of carbonyl (C=O) groups is 2. The van der Waals surface area contributed by atoms with E-state index in [0.29, 0.717) is 30.4 Å². The Kier molecular flexibility index (Phi) is 5.13. The van der Waals surface area contributed by atoms with Gasteiger partial charge in [-0.05, 0) is 59.6 Å². The van der Waals surface area contributed by atoms with Crippen molar-refractivity contribution < 1.29 is 9.59 Å². The van der Waals surface area contributed by atoms with E-state index in [2.05, 4.69) is 28.2 Å². The molecule has 0 spiro atoms. The Morgan fingerprint density at radius 1 is 1.25 bits per heavy atom. The maximum Gasteiger partial charge on any atom is 0.255 e. The third-order valence-electron chi connectivity index (χ3n) is 5.60. The summed E-state index contributed by atoms with van der Waals surface area (Å²) < 4.78 is 0. The van der Waals surface area contributed by atoms with E-state index in [1.165, 1.54) is 24.0 Å². The monoisotopic (exact) mass is 378 g/mol. The molecule has 4 rings (SSSR count). The van der Waals surface area contributed by atoms with Crippen molar-refractivity contribution in [2.45, 2.75) is 44.6 Å². The highest BCUT2D eigenvalue weighted by atomic mass is 16.2. The molecule has 0 radical (unpaired) electrons. The van der Waals surface area contributed by atoms with Gasteiger partial charge in [0.2, 0.25) is 5.91 Å². The predicted octanol–water partition coefficient (Wildman–Crippen LogP) is 3.01. The molecule has 1 atom stereocenters. The van der Waals surface area contributed by atoms with Crippen LogP contribution in [0.3, 0.4) is 0 Å². The minimum atomic E-state index is -0.284. The number of nitrogens with zero attached hydrogens (tertiary/aromatic N) is 2. The summed E-state index contributed by atoms with van der Waals surface area (Å²) in [6.07, 6.45) is 6.33. The van der Waals surface area contributed by atoms with Gasteiger partial charge in [0.15, 0.2) is 0 Å². The van der Waals surface area contributed by atoms with E-state index in [0.717, 1.165) is 24.3 Å². The van der Waals surface area contributed by atoms with Crippen LogP contribution >= 0.6 is 0 Å². The molecule has 1 aliphatic heterocycles. The van der Waals surface area contributed by atoms with Crippen LogP contribution in [-0.4, -0.2) is 34.8 Å². The number of nitrogens with two attached hydrogens (primary N) is 1. The zero-order chi connectivity index (χ0) is 19.7. The molecule has 2 heterocycles. The largest absolute Gasteiger partial charge is 0.370 e. The smallest absolute Gasteiger partial charge is 0.255 e. The quantitative estimate of drug-likeness (QED) is 0.809. The van der Waals surface area contributed by atoms with E-state index >= 15 is 0 Å². The van der Waals surface area contributed by atoms with Crippen LogP contribution < -0.4 is 11.1 Å². The molecular weight excluding hydrogens is 352 g/mol. The van der Waals surface area contributed by atoms with E-state index in [9.17, 15) is 9.59 Å². The summed E-state index contributed by atoms with van der Waals surface area (Å²) in [7, 11) is 0. The average Bonchev–Trinajstić information content (AvgIpc) is 3.51. The van der Waals surface area contributed by atoms with Gasteiger partial charge in [-0.25, -0.2) is 0 Å². The predicted molar refractivity (Wildman–Crippen MR) is 108 cm³/mol. The molecule has 1 aromatic carbocycles. The first-order valence-corrected chi connectivity index (χ1v) is 9.89. The van der Waals surface area contributed by atoms with Crippen molar-refractivity contribution in [3.05, 3.63) is 58.9 Å². The van der Waals surface area contributed by atoms with Crippen molar-refractivity contribution >= 4 is 17.5 Å². The average molecular weight is 378 g/mol. The lowest BCUT2D eigenvalue weighted by molar-refractivity contribution is -0.118. The summed E-state index contributed by atoms with van der Waals surface area (Å²) in [5, 5.41) is 2.97. The Hall–Kier alpha value is -2.73. The lowest BCUT2D eigenvalue weighted by atomic mass is 9.89. The maximum atomic E-state index is 12.8. The topological polar surface area (TPSA) is 88.3 Å². The first-order chi connectivity index (χ1) is 13.5. The van der Waals surface area contributed by atoms with Gasteiger partial charge < -0.3 is 11.1 Å². The second-order valence-electron chi connectivity index (χ2n) is 8.00. The van der Waals surface area contributed by atoms with Crippen LogP contribution in [0.1, 0.15) is 65.1 Å². The Morgan fingerprint density at radius 2 is 2.07 bits per heavy atom. The first kappa shape index (κ1) is 18.6. The molecule has 146 valence electrons. The van der Waals surface area contributed by atoms with Crippen LogP contribution in [0.2, 0.25) is 0 Å². The van der Waals surface area contributed by atoms with Crippen molar-refractivity contribution in [1.82, 2.24) is 9.88 Å². The number of carbonyl (C=O) groups excluding carboxylic acids is 2. The Bertz CT molecular complexity index is 907. The van der Waals surface area contributed by atoms with E-state index in [1.54, 1.807) is 6.20 Å². The van der Waals surface area contributed by atoms with Gasteiger partial charge in [0.25, 0.3) is 5.91 Å². The number of rotatable bonds is 6. The molecule has 2 amide bonds. The van der Waals surface area contributed by atoms with Gasteiger partial charge in [-0.3, -0.25) is 19.5 Å². The fourth-order valence-electron chi connectivity index (χ4n) is 3.96. The van der Waals surface area contributed by atoms with Gasteiger partial charge in [0.1, 0.15) is 0 Å². The zero-order valence-corrected chi connectivity index (χ0v) is 16.1. The van der Waals surface area contributed by atoms with Gasteiger partial charge in [-0.15, -0.1) is 0 Å². The molecule has 1 fully saturated rings. The van der Waals surface area contributed by atoms with Crippen LogP contribution in [-0.2, 0) is 11.3 Å². The van der Waals surface area contributed by atoms with Gasteiger partial charge in [-0.2, -0.15) is 0 Å². The van der Waals surface area contributed by atoms with Crippen molar-refractivity contribution in [3.63, 3.8) is 0 Å². The van der Waals surface area contributed by atoms with Crippen LogP contribution in [0, 0.1) is 0 Å². The zero-order valence-electron chi connectivity index (χ0n) is 16.1. The summed E-state index contributed by atoms with van der Waals surface area (Å²) in [6.45, 7) is 4.44. The number of hydrogen-bond donors (Lipinski definition) is 2. The Labute approximate surface area is 165 Å². The normalized spacial score (nSPS) is 19.1. The first-order valence-electron chi connectivity index (χ1n) is 9.89. The molecule has 0 bridgehead atoms. The third kappa shape index (κ3) is 4.22. The van der Waals surface area contributed by atoms with Crippen molar-refractivity contribution in [1.29, 1.82) is 0 Å². The summed E-state index contributed by atoms with van der Waals surface area (Å²) >= 11 is 0. The molecule has 2 aromatic rings. The highest BCUT2D eigenvalue weighted by molar-refractivity contribution is 6.04. The van der Waals surface area contributed by atoms with Crippen LogP contribution in [0.5, 0.6) is 0 Å². The number of fused-ring (bicyclic) bond motifs is 1. The van der Waals surface area contributed by atoms with Gasteiger partial charge in [0.05, 0.1) is 11.9 Å². The SMILES string of the molecule is CC1CN(CCC(N)=O)Cc2cc(C(=O)Nc3cncc(C4CC4)c3)ccc21. The summed E-state index contributed by atoms with van der Waals surface area (Å²) in [5.41, 5.74) is 10.3. The van der Waals surface area contributed by atoms with Gasteiger partial charge >= 0.3 is 0 Å². The minimum Gasteiger partial charge on any atom is -0.370 e. The molecule has 1 saturated carbocycles. The molecule has 2 aliphatic rings. The van der Waals surface area contributed by atoms with Gasteiger partial charge in [-0.1, -0.05) is 13.0 Å². The Balaban J connectivity index is 1.48. The number of pyridine rings is 1. The molecule has 6 nitrogen and oxygen atoms in total. The lowest BCUT2D eigenvalue weighted by Crippen LogP contribution is -2.35. The maximum absolute atomic E-state index is 12.8. The molecule has 3 N–H and O–H groups in total. The van der Waals surface area contributed by atoms with E-state index in [-0.39, 0.29) is 11.8 Å². The van der Waals surface area contributed by atoms with Crippen molar-refractivity contribution in [2.24, 2.45) is 5.73 Å². The molecular formula is C22H26N4O2. The molecule has 6 heteroatoms. The number of hydrogen-bond acceptors (Lipinski definition) is 4. The minimum absolute atomic E-state index is 0.126. The highest BCUT2D eigenvalue weighted by Gasteiger charge is 2.25. The summed E-state index contributed by atoms with van der Waals surface area (Å²) in [5.74, 6) is 0.544. The molecule has 1 aromatic heterocycles. The van der Waals surface area contributed by atoms with Crippen molar-refractivity contribution in [3.8, 4) is 0 Å². The second-order valence-corrected chi connectivity index (χ2v) is 8.00. The van der Waals surface area contributed by atoms with E-state index < -0.39 is 0 Å². The second kappa shape index (κ2) is 7.72. The highest BCUT2D eigenvalue weighted by Crippen LogP contribution is 2.40. The fourth-order valence-corrected chi connectivity index (χ4v) is 3.96. The molecule has 28 heavy (non-hydrogen) atoms. The number of primary amides is 1. The number of aromatic nitrogens is 1. The molecule has 1 unspecified atom stereocenters. The summed E-state index contributed by atoms with van der Waals surface area (Å²) in [4.78, 5) is 30.3. The van der Waals surface area contributed by atoms with E-state index in [4.69, 9.17) is 5.73 Å². The number of anilines is 1. The fraction of sp³-hybridized carbons (Fsp3) is 0.409. The van der Waals surface area contributed by atoms with Crippen LogP contribution in [0.15, 0.2) is 36.7 Å². The standard InChI is InChI=1S/C22H26N4O2/c1-14-12-26(7-6-21(23)27)13-18-8-16(4-5-20(14)18)22(28)25-19-9-17(10-24-11-19)15-2-3-15/h4-5,8-11,14-15H,2-3,6-7,12-13H2,1H3,(H2,23,27)(H,25,28). The number of nitrogens with one attached hydrogen (secondary N) is 1. The van der Waals surface area contributed by atoms with Crippen molar-refractivity contribution in [2.75, 3.05) is 18.4 Å². The number of benzene rings is 1. The summed E-state index contributed by atoms with van der Waals surface area (Å²) in [6, 6.07) is 7.94. The third-order valence-corrected chi connectivity index (χ3v) is 5.60. The molecule has 1 aliphatic carbocycles. The lowest BCUT2D eigenvalue weighted by Gasteiger charge is -2.33. The van der Waals surface area contributed by atoms with Crippen LogP contribution in [0.4, 0.5) is 5.69 Å². The number of amides is 2. The Morgan fingerprint density at radius 3 is 2.82 bits per heavy atom. The van der Waals surface area contributed by atoms with Gasteiger partial charge in [0, 0.05) is 37.8 Å².